The van der Waals surface area contributed by atoms with Crippen molar-refractivity contribution >= 4 is 22.8 Å². The number of fused-ring (bicyclic) bond motifs is 1. The fourth-order valence-electron chi connectivity index (χ4n) is 5.56. The van der Waals surface area contributed by atoms with Crippen LogP contribution in [0.15, 0.2) is 85.3 Å². The van der Waals surface area contributed by atoms with Crippen molar-refractivity contribution < 1.29 is 4.39 Å². The zero-order valence-electron chi connectivity index (χ0n) is 24.4. The van der Waals surface area contributed by atoms with Crippen LogP contribution in [0, 0.1) is 28.5 Å². The van der Waals surface area contributed by atoms with Crippen LogP contribution in [0.4, 0.5) is 16.0 Å². The Morgan fingerprint density at radius 3 is 2.48 bits per heavy atom. The molecule has 6 aromatic rings. The third-order valence-electron chi connectivity index (χ3n) is 7.86. The molecule has 12 nitrogen and oxygen atoms in total. The molecule has 1 atom stereocenters. The van der Waals surface area contributed by atoms with Crippen molar-refractivity contribution in [2.45, 2.75) is 12.6 Å². The zero-order valence-corrected chi connectivity index (χ0v) is 24.4. The highest BCUT2D eigenvalue weighted by Crippen LogP contribution is 2.32. The molecule has 0 aliphatic carbocycles. The number of rotatable bonds is 6. The smallest absolute Gasteiger partial charge is 0.234 e. The molecule has 1 aliphatic rings. The van der Waals surface area contributed by atoms with Crippen molar-refractivity contribution in [3.05, 3.63) is 103 Å². The van der Waals surface area contributed by atoms with Gasteiger partial charge in [0.05, 0.1) is 29.2 Å². The van der Waals surface area contributed by atoms with Crippen LogP contribution in [-0.4, -0.2) is 65.0 Å². The van der Waals surface area contributed by atoms with Crippen molar-refractivity contribution in [1.82, 2.24) is 39.4 Å². The molecule has 7 rings (SSSR count). The third-order valence-corrected chi connectivity index (χ3v) is 7.86. The first-order chi connectivity index (χ1) is 22.5. The Morgan fingerprint density at radius 2 is 1.72 bits per heavy atom. The van der Waals surface area contributed by atoms with Gasteiger partial charge in [0.15, 0.2) is 11.5 Å². The highest BCUT2D eigenvalue weighted by Gasteiger charge is 2.28. The van der Waals surface area contributed by atoms with Gasteiger partial charge in [-0.1, -0.05) is 12.1 Å². The lowest BCUT2D eigenvalue weighted by atomic mass is 10.1. The Kier molecular flexibility index (Phi) is 7.42. The summed E-state index contributed by atoms with van der Waals surface area (Å²) in [6, 6.07) is 24.1. The number of nitriles is 2. The second-order valence-corrected chi connectivity index (χ2v) is 10.7. The van der Waals surface area contributed by atoms with E-state index in [0.717, 1.165) is 17.4 Å². The summed E-state index contributed by atoms with van der Waals surface area (Å²) in [5, 5.41) is 19.2. The minimum atomic E-state index is -0.424. The molecule has 0 spiro atoms. The van der Waals surface area contributed by atoms with Crippen LogP contribution in [0.2, 0.25) is 0 Å². The predicted molar refractivity (Wildman–Crippen MR) is 168 cm³/mol. The summed E-state index contributed by atoms with van der Waals surface area (Å²) >= 11 is 0. The van der Waals surface area contributed by atoms with Gasteiger partial charge in [-0.3, -0.25) is 14.5 Å². The first kappa shape index (κ1) is 28.5. The molecular formula is C33H25FN12. The van der Waals surface area contributed by atoms with Crippen molar-refractivity contribution in [1.29, 1.82) is 10.5 Å². The number of benzene rings is 1. The van der Waals surface area contributed by atoms with E-state index in [1.54, 1.807) is 36.7 Å². The van der Waals surface area contributed by atoms with E-state index in [1.165, 1.54) is 6.07 Å². The Labute approximate surface area is 262 Å². The van der Waals surface area contributed by atoms with Gasteiger partial charge in [-0.2, -0.15) is 10.5 Å². The van der Waals surface area contributed by atoms with Crippen LogP contribution < -0.4 is 10.6 Å². The molecule has 0 unspecified atom stereocenters. The van der Waals surface area contributed by atoms with E-state index in [0.29, 0.717) is 71.8 Å². The van der Waals surface area contributed by atoms with Gasteiger partial charge in [-0.05, 0) is 60.2 Å². The average molecular weight is 609 g/mol. The summed E-state index contributed by atoms with van der Waals surface area (Å²) in [6.07, 6.45) is 4.35. The van der Waals surface area contributed by atoms with Crippen LogP contribution in [0.1, 0.15) is 11.4 Å². The first-order valence-electron chi connectivity index (χ1n) is 14.4. The fourth-order valence-corrected chi connectivity index (χ4v) is 5.56. The molecular weight excluding hydrogens is 583 g/mol. The zero-order chi connectivity index (χ0) is 31.6. The molecule has 2 N–H and O–H groups in total. The van der Waals surface area contributed by atoms with E-state index in [-0.39, 0.29) is 11.9 Å². The number of halogens is 1. The molecule has 1 fully saturated rings. The number of nitrogens with zero attached hydrogens (tertiary/aromatic N) is 11. The molecule has 46 heavy (non-hydrogen) atoms. The number of aromatic nitrogens is 7. The van der Waals surface area contributed by atoms with Crippen molar-refractivity contribution in [3.63, 3.8) is 0 Å². The van der Waals surface area contributed by atoms with E-state index in [9.17, 15) is 9.65 Å². The summed E-state index contributed by atoms with van der Waals surface area (Å²) < 4.78 is 15.5. The topological polar surface area (TPSA) is 162 Å². The lowest BCUT2D eigenvalue weighted by Crippen LogP contribution is -2.52. The van der Waals surface area contributed by atoms with Gasteiger partial charge in [0, 0.05) is 44.3 Å². The molecule has 224 valence electrons. The fraction of sp³-hybridized carbons (Fsp3) is 0.152. The average Bonchev–Trinajstić information content (AvgIpc) is 3.48. The monoisotopic (exact) mass is 608 g/mol. The maximum absolute atomic E-state index is 13.6. The second-order valence-electron chi connectivity index (χ2n) is 10.7. The summed E-state index contributed by atoms with van der Waals surface area (Å²) in [6.45, 7) is 2.34. The Morgan fingerprint density at radius 1 is 0.870 bits per heavy atom. The van der Waals surface area contributed by atoms with Gasteiger partial charge in [0.25, 0.3) is 0 Å². The summed E-state index contributed by atoms with van der Waals surface area (Å²) in [4.78, 5) is 30.6. The molecule has 1 saturated heterocycles. The van der Waals surface area contributed by atoms with Gasteiger partial charge in [0.2, 0.25) is 5.82 Å². The van der Waals surface area contributed by atoms with Crippen molar-refractivity contribution in [2.75, 3.05) is 30.3 Å². The minimum absolute atomic E-state index is 0.104. The molecule has 5 aromatic heterocycles. The number of nitrogen functional groups attached to an aromatic ring is 1. The van der Waals surface area contributed by atoms with E-state index in [2.05, 4.69) is 30.9 Å². The van der Waals surface area contributed by atoms with E-state index >= 15 is 0 Å². The van der Waals surface area contributed by atoms with Gasteiger partial charge < -0.3 is 10.6 Å². The van der Waals surface area contributed by atoms with E-state index < -0.39 is 5.82 Å². The molecule has 13 heteroatoms. The maximum Gasteiger partial charge on any atom is 0.234 e. The van der Waals surface area contributed by atoms with E-state index in [1.807, 2.05) is 51.9 Å². The highest BCUT2D eigenvalue weighted by atomic mass is 19.1. The Bertz CT molecular complexity index is 2130. The quantitative estimate of drug-likeness (QED) is 0.289. The Balaban J connectivity index is 1.20. The molecule has 0 saturated carbocycles. The lowest BCUT2D eigenvalue weighted by molar-refractivity contribution is 0.204. The summed E-state index contributed by atoms with van der Waals surface area (Å²) in [5.41, 5.74) is 11.1. The SMILES string of the molecule is N#Cc1nccc(N2CCN(Cc3ccc(-n4c(-c5cccnc5N)nc5ccc(-c6ccc(F)cn6)nc54)cc3)[C@@H](C#N)C2)n1. The van der Waals surface area contributed by atoms with Gasteiger partial charge >= 0.3 is 0 Å². The number of hydrogen-bond acceptors (Lipinski definition) is 11. The number of pyridine rings is 3. The molecule has 1 aromatic carbocycles. The largest absolute Gasteiger partial charge is 0.383 e. The predicted octanol–water partition coefficient (Wildman–Crippen LogP) is 4.14. The minimum Gasteiger partial charge on any atom is -0.383 e. The first-order valence-corrected chi connectivity index (χ1v) is 14.4. The van der Waals surface area contributed by atoms with Gasteiger partial charge in [-0.25, -0.2) is 29.3 Å². The Hall–Kier alpha value is -6.31. The van der Waals surface area contributed by atoms with Crippen LogP contribution in [-0.2, 0) is 6.54 Å². The lowest BCUT2D eigenvalue weighted by Gasteiger charge is -2.38. The number of piperazine rings is 1. The van der Waals surface area contributed by atoms with Crippen LogP contribution in [0.25, 0.3) is 39.6 Å². The normalized spacial score (nSPS) is 15.0. The van der Waals surface area contributed by atoms with Gasteiger partial charge in [-0.15, -0.1) is 0 Å². The number of imidazole rings is 1. The molecule has 0 bridgehead atoms. The summed E-state index contributed by atoms with van der Waals surface area (Å²) in [7, 11) is 0. The van der Waals surface area contributed by atoms with Crippen LogP contribution in [0.3, 0.4) is 0 Å². The van der Waals surface area contributed by atoms with Gasteiger partial charge in [0.1, 0.15) is 35.1 Å². The number of nitrogens with two attached hydrogens (primary N) is 1. The molecule has 0 radical (unpaired) electrons. The molecule has 6 heterocycles. The van der Waals surface area contributed by atoms with Crippen LogP contribution >= 0.6 is 0 Å². The van der Waals surface area contributed by atoms with E-state index in [4.69, 9.17) is 21.0 Å². The standard InChI is InChI=1S/C33H25FN12/c34-22-5-8-26(40-18-22)27-9-10-28-33(41-27)46(32(42-28)25-2-1-12-39-31(25)37)23-6-3-21(4-7-23)19-44-14-15-45(20-24(44)16-35)30-11-13-38-29(17-36)43-30/h1-13,18,24H,14-15,19-20H2,(H2,37,39)/t24-/m0/s1. The molecule has 1 aliphatic heterocycles. The third kappa shape index (κ3) is 5.43. The van der Waals surface area contributed by atoms with Crippen molar-refractivity contribution in [3.8, 4) is 40.6 Å². The summed E-state index contributed by atoms with van der Waals surface area (Å²) in [5.74, 6) is 1.23. The second kappa shape index (κ2) is 12.0. The van der Waals surface area contributed by atoms with Crippen molar-refractivity contribution in [2.24, 2.45) is 0 Å². The number of hydrogen-bond donors (Lipinski definition) is 1. The van der Waals surface area contributed by atoms with Crippen LogP contribution in [0.5, 0.6) is 0 Å². The highest BCUT2D eigenvalue weighted by molar-refractivity contribution is 5.84. The number of anilines is 2. The maximum atomic E-state index is 13.6. The molecule has 0 amide bonds.